The van der Waals surface area contributed by atoms with Crippen molar-refractivity contribution in [2.45, 2.75) is 4.90 Å². The Morgan fingerprint density at radius 3 is 2.17 bits per heavy atom. The Labute approximate surface area is 168 Å². The first-order valence-corrected chi connectivity index (χ1v) is 9.83. The molecule has 2 aromatic rings. The molecule has 0 aromatic heterocycles. The van der Waals surface area contributed by atoms with Gasteiger partial charge in [-0.05, 0) is 49.0 Å². The normalized spacial score (nSPS) is 11.1. The first kappa shape index (κ1) is 21.9. The third-order valence-corrected chi connectivity index (χ3v) is 5.26. The van der Waals surface area contributed by atoms with Gasteiger partial charge in [-0.25, -0.2) is 13.1 Å². The van der Waals surface area contributed by atoms with Crippen LogP contribution >= 0.6 is 0 Å². The number of sulfonamides is 1. The molecule has 154 valence electrons. The van der Waals surface area contributed by atoms with E-state index in [2.05, 4.69) is 15.6 Å². The second-order valence-corrected chi connectivity index (χ2v) is 7.51. The van der Waals surface area contributed by atoms with Gasteiger partial charge >= 0.3 is 0 Å². The van der Waals surface area contributed by atoms with Gasteiger partial charge in [-0.15, -0.1) is 0 Å². The summed E-state index contributed by atoms with van der Waals surface area (Å²) >= 11 is 0. The Kier molecular flexibility index (Phi) is 7.34. The lowest BCUT2D eigenvalue weighted by Gasteiger charge is -2.10. The highest BCUT2D eigenvalue weighted by Crippen LogP contribution is 2.27. The van der Waals surface area contributed by atoms with E-state index in [0.717, 1.165) is 0 Å². The fraction of sp³-hybridized carbons (Fsp3) is 0.158. The maximum absolute atomic E-state index is 12.1. The number of nitrogens with one attached hydrogen (secondary N) is 3. The van der Waals surface area contributed by atoms with Crippen molar-refractivity contribution in [2.75, 3.05) is 21.3 Å². The molecule has 0 radical (unpaired) electrons. The quantitative estimate of drug-likeness (QED) is 0.456. The lowest BCUT2D eigenvalue weighted by atomic mass is 10.2. The second-order valence-electron chi connectivity index (χ2n) is 5.62. The molecule has 2 amide bonds. The summed E-state index contributed by atoms with van der Waals surface area (Å²) in [4.78, 5) is 24.1. The summed E-state index contributed by atoms with van der Waals surface area (Å²) in [6.07, 6.45) is 2.68. The fourth-order valence-electron chi connectivity index (χ4n) is 2.26. The summed E-state index contributed by atoms with van der Waals surface area (Å²) in [5, 5.41) is 0. The van der Waals surface area contributed by atoms with Crippen LogP contribution in [0.15, 0.2) is 53.4 Å². The van der Waals surface area contributed by atoms with Gasteiger partial charge in [-0.3, -0.25) is 20.4 Å². The van der Waals surface area contributed by atoms with E-state index in [1.807, 2.05) is 0 Å². The number of amides is 2. The van der Waals surface area contributed by atoms with Gasteiger partial charge in [0.25, 0.3) is 11.8 Å². The van der Waals surface area contributed by atoms with Gasteiger partial charge < -0.3 is 9.47 Å². The van der Waals surface area contributed by atoms with E-state index < -0.39 is 21.8 Å². The summed E-state index contributed by atoms with van der Waals surface area (Å²) < 4.78 is 35.8. The molecule has 0 fully saturated rings. The van der Waals surface area contributed by atoms with Crippen molar-refractivity contribution in [3.05, 3.63) is 59.7 Å². The number of hydrazine groups is 1. The molecule has 0 aliphatic rings. The topological polar surface area (TPSA) is 123 Å². The molecular formula is C19H21N3O6S. The predicted molar refractivity (Wildman–Crippen MR) is 107 cm³/mol. The number of carbonyl (C=O) groups is 2. The summed E-state index contributed by atoms with van der Waals surface area (Å²) in [6.45, 7) is 0. The van der Waals surface area contributed by atoms with Crippen molar-refractivity contribution < 1.29 is 27.5 Å². The summed E-state index contributed by atoms with van der Waals surface area (Å²) in [5.74, 6) is -0.236. The van der Waals surface area contributed by atoms with Crippen molar-refractivity contribution in [3.8, 4) is 11.5 Å². The average Bonchev–Trinajstić information content (AvgIpc) is 2.75. The average molecular weight is 419 g/mol. The van der Waals surface area contributed by atoms with Crippen molar-refractivity contribution >= 4 is 27.9 Å². The zero-order valence-corrected chi connectivity index (χ0v) is 16.9. The van der Waals surface area contributed by atoms with Crippen molar-refractivity contribution in [3.63, 3.8) is 0 Å². The van der Waals surface area contributed by atoms with Gasteiger partial charge in [0.15, 0.2) is 11.5 Å². The van der Waals surface area contributed by atoms with Gasteiger partial charge in [0.05, 0.1) is 19.1 Å². The zero-order chi connectivity index (χ0) is 21.4. The lowest BCUT2D eigenvalue weighted by Crippen LogP contribution is -2.40. The minimum atomic E-state index is -3.52. The molecule has 0 atom stereocenters. The smallest absolute Gasteiger partial charge is 0.269 e. The van der Waals surface area contributed by atoms with Gasteiger partial charge in [0.1, 0.15) is 0 Å². The van der Waals surface area contributed by atoms with Crippen molar-refractivity contribution in [1.29, 1.82) is 0 Å². The molecule has 29 heavy (non-hydrogen) atoms. The van der Waals surface area contributed by atoms with Crippen molar-refractivity contribution in [1.82, 2.24) is 15.6 Å². The van der Waals surface area contributed by atoms with Gasteiger partial charge in [0.2, 0.25) is 10.0 Å². The van der Waals surface area contributed by atoms with Crippen LogP contribution in [0, 0.1) is 0 Å². The van der Waals surface area contributed by atoms with E-state index in [9.17, 15) is 18.0 Å². The Morgan fingerprint density at radius 2 is 1.59 bits per heavy atom. The lowest BCUT2D eigenvalue weighted by molar-refractivity contribution is -0.117. The summed E-state index contributed by atoms with van der Waals surface area (Å²) in [5.41, 5.74) is 5.43. The first-order valence-electron chi connectivity index (χ1n) is 8.34. The van der Waals surface area contributed by atoms with Crippen LogP contribution < -0.4 is 25.0 Å². The number of ether oxygens (including phenoxy) is 2. The van der Waals surface area contributed by atoms with Crippen LogP contribution in [0.4, 0.5) is 0 Å². The monoisotopic (exact) mass is 419 g/mol. The molecule has 0 bridgehead atoms. The molecule has 0 saturated heterocycles. The summed E-state index contributed by atoms with van der Waals surface area (Å²) in [6, 6.07) is 10.5. The van der Waals surface area contributed by atoms with E-state index in [-0.39, 0.29) is 10.5 Å². The predicted octanol–water partition coefficient (Wildman–Crippen LogP) is 1.09. The highest BCUT2D eigenvalue weighted by Gasteiger charge is 2.11. The van der Waals surface area contributed by atoms with Gasteiger partial charge in [0, 0.05) is 11.6 Å². The molecule has 0 spiro atoms. The van der Waals surface area contributed by atoms with Crippen LogP contribution in [0.25, 0.3) is 6.08 Å². The van der Waals surface area contributed by atoms with Gasteiger partial charge in [-0.1, -0.05) is 12.1 Å². The molecule has 0 aliphatic carbocycles. The number of hydrogen-bond acceptors (Lipinski definition) is 6. The highest BCUT2D eigenvalue weighted by molar-refractivity contribution is 7.89. The van der Waals surface area contributed by atoms with Crippen molar-refractivity contribution in [2.24, 2.45) is 0 Å². The minimum Gasteiger partial charge on any atom is -0.493 e. The standard InChI is InChI=1S/C19H21N3O6S/c1-20-29(25,26)15-8-4-13(5-9-15)6-11-18(23)21-22-19(24)14-7-10-16(27-2)17(12-14)28-3/h4-12,20H,1-3H3,(H,21,23)(H,22,24)/b11-6+. The third-order valence-electron chi connectivity index (χ3n) is 3.83. The van der Waals surface area contributed by atoms with E-state index in [1.54, 1.807) is 18.2 Å². The Bertz CT molecular complexity index is 1020. The first-order chi connectivity index (χ1) is 13.8. The van der Waals surface area contributed by atoms with E-state index >= 15 is 0 Å². The Balaban J connectivity index is 1.95. The molecule has 3 N–H and O–H groups in total. The largest absolute Gasteiger partial charge is 0.493 e. The van der Waals surface area contributed by atoms with Crippen LogP contribution in [0.3, 0.4) is 0 Å². The minimum absolute atomic E-state index is 0.115. The molecule has 9 nitrogen and oxygen atoms in total. The van der Waals surface area contributed by atoms with Crippen LogP contribution in [-0.4, -0.2) is 41.5 Å². The molecule has 2 aromatic carbocycles. The summed E-state index contributed by atoms with van der Waals surface area (Å²) in [7, 11) is 0.740. The molecular weight excluding hydrogens is 398 g/mol. The number of benzene rings is 2. The van der Waals surface area contributed by atoms with Crippen LogP contribution in [0.1, 0.15) is 15.9 Å². The maximum Gasteiger partial charge on any atom is 0.269 e. The molecule has 0 heterocycles. The maximum atomic E-state index is 12.1. The molecule has 2 rings (SSSR count). The third kappa shape index (κ3) is 5.80. The Hall–Kier alpha value is -3.37. The molecule has 0 saturated carbocycles. The highest BCUT2D eigenvalue weighted by atomic mass is 32.2. The number of carbonyl (C=O) groups excluding carboxylic acids is 2. The van der Waals surface area contributed by atoms with E-state index in [1.165, 1.54) is 57.7 Å². The molecule has 0 unspecified atom stereocenters. The number of rotatable bonds is 7. The number of hydrogen-bond donors (Lipinski definition) is 3. The van der Waals surface area contributed by atoms with Gasteiger partial charge in [-0.2, -0.15) is 0 Å². The SMILES string of the molecule is CNS(=O)(=O)c1ccc(/C=C/C(=O)NNC(=O)c2ccc(OC)c(OC)c2)cc1. The second kappa shape index (κ2) is 9.71. The fourth-order valence-corrected chi connectivity index (χ4v) is 2.99. The van der Waals surface area contributed by atoms with Crippen LogP contribution in [0.5, 0.6) is 11.5 Å². The van der Waals surface area contributed by atoms with E-state index in [4.69, 9.17) is 9.47 Å². The molecule has 10 heteroatoms. The van der Waals surface area contributed by atoms with Crippen LogP contribution in [-0.2, 0) is 14.8 Å². The Morgan fingerprint density at radius 1 is 0.931 bits per heavy atom. The zero-order valence-electron chi connectivity index (χ0n) is 16.1. The van der Waals surface area contributed by atoms with E-state index in [0.29, 0.717) is 17.1 Å². The van der Waals surface area contributed by atoms with Crippen LogP contribution in [0.2, 0.25) is 0 Å². The number of methoxy groups -OCH3 is 2. The molecule has 0 aliphatic heterocycles.